The smallest absolute Gasteiger partial charge is 0.318 e. The number of nitrogens with zero attached hydrogens (tertiary/aromatic N) is 2. The van der Waals surface area contributed by atoms with Crippen LogP contribution in [0.15, 0.2) is 29.3 Å². The molecule has 0 fully saturated rings. The topological polar surface area (TPSA) is 78.1 Å². The summed E-state index contributed by atoms with van der Waals surface area (Å²) in [5.41, 5.74) is 0.963. The lowest BCUT2D eigenvalue weighted by Gasteiger charge is -2.27. The summed E-state index contributed by atoms with van der Waals surface area (Å²) in [4.78, 5) is 31.9. The number of fused-ring (bicyclic) bond motifs is 1. The van der Waals surface area contributed by atoms with E-state index >= 15 is 0 Å². The van der Waals surface area contributed by atoms with Gasteiger partial charge in [-0.1, -0.05) is 17.7 Å². The molecule has 2 N–H and O–H groups in total. The normalized spacial score (nSPS) is 13.6. The van der Waals surface area contributed by atoms with Crippen LogP contribution in [0.25, 0.3) is 0 Å². The van der Waals surface area contributed by atoms with Crippen molar-refractivity contribution in [3.63, 3.8) is 0 Å². The van der Waals surface area contributed by atoms with Crippen molar-refractivity contribution < 1.29 is 9.18 Å². The molecule has 2 amide bonds. The minimum Gasteiger partial charge on any atom is -0.318 e. The average molecular weight is 323 g/mol. The molecule has 22 heavy (non-hydrogen) atoms. The molecule has 0 spiro atoms. The van der Waals surface area contributed by atoms with Crippen LogP contribution in [-0.4, -0.2) is 27.4 Å². The Kier molecular flexibility index (Phi) is 3.81. The summed E-state index contributed by atoms with van der Waals surface area (Å²) in [5, 5.41) is 2.42. The zero-order chi connectivity index (χ0) is 15.7. The van der Waals surface area contributed by atoms with E-state index in [1.807, 2.05) is 0 Å². The Bertz CT molecular complexity index is 793. The number of nitrogens with one attached hydrogen (secondary N) is 2. The van der Waals surface area contributed by atoms with Crippen molar-refractivity contribution in [1.82, 2.24) is 14.9 Å². The number of aromatic amines is 1. The van der Waals surface area contributed by atoms with E-state index in [-0.39, 0.29) is 22.8 Å². The Morgan fingerprint density at radius 2 is 2.27 bits per heavy atom. The third kappa shape index (κ3) is 2.67. The van der Waals surface area contributed by atoms with Gasteiger partial charge >= 0.3 is 6.03 Å². The fourth-order valence-electron chi connectivity index (χ4n) is 2.33. The van der Waals surface area contributed by atoms with Crippen LogP contribution in [0.1, 0.15) is 11.3 Å². The Labute approximate surface area is 129 Å². The third-order valence-electron chi connectivity index (χ3n) is 3.49. The highest BCUT2D eigenvalue weighted by molar-refractivity contribution is 6.31. The Morgan fingerprint density at radius 1 is 1.45 bits per heavy atom. The summed E-state index contributed by atoms with van der Waals surface area (Å²) in [6.07, 6.45) is 1.71. The summed E-state index contributed by atoms with van der Waals surface area (Å²) in [6, 6.07) is 3.92. The quantitative estimate of drug-likeness (QED) is 0.844. The van der Waals surface area contributed by atoms with Crippen molar-refractivity contribution in [2.24, 2.45) is 0 Å². The molecule has 0 bridgehead atoms. The first-order chi connectivity index (χ1) is 10.6. The van der Waals surface area contributed by atoms with Gasteiger partial charge in [0.05, 0.1) is 29.3 Å². The number of rotatable bonds is 1. The number of aromatic nitrogens is 2. The van der Waals surface area contributed by atoms with Crippen LogP contribution in [0.5, 0.6) is 0 Å². The molecular formula is C14H12ClFN4O2. The SMILES string of the molecule is O=C(Nc1cccc(Cl)c1F)N1CCc2c(nc[nH]c2=O)C1. The van der Waals surface area contributed by atoms with E-state index in [9.17, 15) is 14.0 Å². The average Bonchev–Trinajstić information content (AvgIpc) is 2.51. The molecule has 1 aliphatic rings. The summed E-state index contributed by atoms with van der Waals surface area (Å²) in [6.45, 7) is 0.559. The van der Waals surface area contributed by atoms with Gasteiger partial charge < -0.3 is 15.2 Å². The van der Waals surface area contributed by atoms with E-state index < -0.39 is 11.8 Å². The van der Waals surface area contributed by atoms with Gasteiger partial charge in [-0.25, -0.2) is 14.2 Å². The van der Waals surface area contributed by atoms with E-state index in [0.29, 0.717) is 24.2 Å². The fourth-order valence-corrected chi connectivity index (χ4v) is 2.51. The highest BCUT2D eigenvalue weighted by Gasteiger charge is 2.24. The first-order valence-electron chi connectivity index (χ1n) is 6.61. The molecule has 0 atom stereocenters. The maximum absolute atomic E-state index is 13.8. The zero-order valence-electron chi connectivity index (χ0n) is 11.4. The molecule has 1 aliphatic heterocycles. The van der Waals surface area contributed by atoms with Crippen molar-refractivity contribution in [2.45, 2.75) is 13.0 Å². The lowest BCUT2D eigenvalue weighted by molar-refractivity contribution is 0.205. The molecular weight excluding hydrogens is 311 g/mol. The van der Waals surface area contributed by atoms with Gasteiger partial charge in [0.1, 0.15) is 0 Å². The molecule has 0 saturated heterocycles. The van der Waals surface area contributed by atoms with E-state index in [1.165, 1.54) is 23.4 Å². The van der Waals surface area contributed by atoms with Crippen LogP contribution in [0, 0.1) is 5.82 Å². The van der Waals surface area contributed by atoms with Gasteiger partial charge in [0, 0.05) is 12.1 Å². The third-order valence-corrected chi connectivity index (χ3v) is 3.78. The highest BCUT2D eigenvalue weighted by Crippen LogP contribution is 2.23. The molecule has 2 aromatic rings. The predicted molar refractivity (Wildman–Crippen MR) is 79.4 cm³/mol. The van der Waals surface area contributed by atoms with Crippen LogP contribution >= 0.6 is 11.6 Å². The van der Waals surface area contributed by atoms with Crippen molar-refractivity contribution in [3.05, 3.63) is 57.0 Å². The van der Waals surface area contributed by atoms with E-state index in [1.54, 1.807) is 6.07 Å². The number of H-pyrrole nitrogens is 1. The van der Waals surface area contributed by atoms with Gasteiger partial charge in [-0.15, -0.1) is 0 Å². The van der Waals surface area contributed by atoms with E-state index in [2.05, 4.69) is 15.3 Å². The van der Waals surface area contributed by atoms with E-state index in [0.717, 1.165) is 0 Å². The van der Waals surface area contributed by atoms with Gasteiger partial charge in [-0.05, 0) is 18.6 Å². The minimum atomic E-state index is -0.676. The second-order valence-electron chi connectivity index (χ2n) is 4.86. The molecule has 1 aromatic heterocycles. The van der Waals surface area contributed by atoms with Gasteiger partial charge in [-0.2, -0.15) is 0 Å². The molecule has 0 unspecified atom stereocenters. The second kappa shape index (κ2) is 5.76. The number of halogens is 2. The van der Waals surface area contributed by atoms with Gasteiger partial charge in [-0.3, -0.25) is 4.79 Å². The van der Waals surface area contributed by atoms with Crippen LogP contribution in [-0.2, 0) is 13.0 Å². The lowest BCUT2D eigenvalue weighted by Crippen LogP contribution is -2.41. The second-order valence-corrected chi connectivity index (χ2v) is 5.27. The zero-order valence-corrected chi connectivity index (χ0v) is 12.2. The Balaban J connectivity index is 1.77. The largest absolute Gasteiger partial charge is 0.322 e. The maximum atomic E-state index is 13.8. The lowest BCUT2D eigenvalue weighted by atomic mass is 10.1. The first-order valence-corrected chi connectivity index (χ1v) is 6.99. The predicted octanol–water partition coefficient (Wildman–Crippen LogP) is 2.15. The van der Waals surface area contributed by atoms with Crippen LogP contribution in [0.2, 0.25) is 5.02 Å². The molecule has 1 aromatic carbocycles. The molecule has 6 nitrogen and oxygen atoms in total. The summed E-state index contributed by atoms with van der Waals surface area (Å²) in [7, 11) is 0. The highest BCUT2D eigenvalue weighted by atomic mass is 35.5. The van der Waals surface area contributed by atoms with Crippen LogP contribution in [0.4, 0.5) is 14.9 Å². The molecule has 114 valence electrons. The number of amides is 2. The van der Waals surface area contributed by atoms with Crippen molar-refractivity contribution >= 4 is 23.3 Å². The summed E-state index contributed by atoms with van der Waals surface area (Å²) in [5.74, 6) is -0.676. The molecule has 8 heteroatoms. The number of carbonyl (C=O) groups is 1. The molecule has 0 aliphatic carbocycles. The number of hydrogen-bond acceptors (Lipinski definition) is 3. The van der Waals surface area contributed by atoms with Crippen molar-refractivity contribution in [2.75, 3.05) is 11.9 Å². The Hall–Kier alpha value is -2.41. The number of urea groups is 1. The molecule has 2 heterocycles. The number of carbonyl (C=O) groups excluding carboxylic acids is 1. The maximum Gasteiger partial charge on any atom is 0.322 e. The van der Waals surface area contributed by atoms with Crippen LogP contribution in [0.3, 0.4) is 0 Å². The fraction of sp³-hybridized carbons (Fsp3) is 0.214. The molecule has 0 radical (unpaired) electrons. The summed E-state index contributed by atoms with van der Waals surface area (Å²) < 4.78 is 13.8. The Morgan fingerprint density at radius 3 is 3.09 bits per heavy atom. The van der Waals surface area contributed by atoms with Gasteiger partial charge in [0.25, 0.3) is 5.56 Å². The van der Waals surface area contributed by atoms with E-state index in [4.69, 9.17) is 11.6 Å². The minimum absolute atomic E-state index is 0.0159. The number of benzene rings is 1. The van der Waals surface area contributed by atoms with Gasteiger partial charge in [0.15, 0.2) is 5.82 Å². The standard InChI is InChI=1S/C14H12ClFN4O2/c15-9-2-1-3-10(12(9)16)19-14(22)20-5-4-8-11(6-20)17-7-18-13(8)21/h1-3,7H,4-6H2,(H,19,22)(H,17,18,21). The number of hydrogen-bond donors (Lipinski definition) is 2. The molecule has 3 rings (SSSR count). The number of anilines is 1. The monoisotopic (exact) mass is 322 g/mol. The van der Waals surface area contributed by atoms with Gasteiger partial charge in [0.2, 0.25) is 0 Å². The first kappa shape index (κ1) is 14.5. The summed E-state index contributed by atoms with van der Waals surface area (Å²) >= 11 is 5.68. The molecule has 0 saturated carbocycles. The van der Waals surface area contributed by atoms with Crippen molar-refractivity contribution in [1.29, 1.82) is 0 Å². The van der Waals surface area contributed by atoms with Crippen LogP contribution < -0.4 is 10.9 Å². The van der Waals surface area contributed by atoms with Crippen molar-refractivity contribution in [3.8, 4) is 0 Å².